The molecule has 4 rings (SSSR count). The first-order valence-corrected chi connectivity index (χ1v) is 11.3. The normalized spacial score (nSPS) is 19.2. The number of fused-ring (bicyclic) bond motifs is 3. The Labute approximate surface area is 171 Å². The summed E-state index contributed by atoms with van der Waals surface area (Å²) in [6.45, 7) is 8.59. The van der Waals surface area contributed by atoms with Gasteiger partial charge in [0.05, 0.1) is 5.69 Å². The van der Waals surface area contributed by atoms with E-state index in [1.807, 2.05) is 11.7 Å². The van der Waals surface area contributed by atoms with Crippen LogP contribution in [0.15, 0.2) is 23.1 Å². The number of nitrogens with one attached hydrogen (secondary N) is 1. The van der Waals surface area contributed by atoms with Crippen molar-refractivity contribution in [2.24, 2.45) is 13.0 Å². The molecule has 2 aliphatic rings. The van der Waals surface area contributed by atoms with Crippen molar-refractivity contribution in [3.05, 3.63) is 35.0 Å². The molecule has 6 heteroatoms. The Balaban J connectivity index is 1.40. The third-order valence-electron chi connectivity index (χ3n) is 5.80. The summed E-state index contributed by atoms with van der Waals surface area (Å²) in [4.78, 5) is 16.6. The van der Waals surface area contributed by atoms with Gasteiger partial charge in [0.25, 0.3) is 5.91 Å². The predicted octanol–water partition coefficient (Wildman–Crippen LogP) is 3.85. The van der Waals surface area contributed by atoms with Gasteiger partial charge in [0.2, 0.25) is 0 Å². The number of thioether (sulfide) groups is 1. The zero-order chi connectivity index (χ0) is 19.7. The minimum absolute atomic E-state index is 0.0411. The zero-order valence-corrected chi connectivity index (χ0v) is 17.9. The van der Waals surface area contributed by atoms with Crippen molar-refractivity contribution < 1.29 is 4.79 Å². The standard InChI is InChI=1S/C22H30N4OS/c1-15-7-8-19-17(12-15)21-18(14-28-19)20(24-25(21)3)22(27)23-9-5-11-26-10-4-6-16(2)13-26/h7-8,12,16H,4-6,9-11,13-14H2,1-3H3,(H,23,27). The highest BCUT2D eigenvalue weighted by Crippen LogP contribution is 2.42. The van der Waals surface area contributed by atoms with Gasteiger partial charge >= 0.3 is 0 Å². The molecular formula is C22H30N4OS. The maximum Gasteiger partial charge on any atom is 0.272 e. The third-order valence-corrected chi connectivity index (χ3v) is 6.90. The average molecular weight is 399 g/mol. The number of aromatic nitrogens is 2. The molecule has 0 spiro atoms. The molecule has 5 nitrogen and oxygen atoms in total. The van der Waals surface area contributed by atoms with Crippen molar-refractivity contribution in [1.82, 2.24) is 20.0 Å². The molecule has 0 aliphatic carbocycles. The van der Waals surface area contributed by atoms with Gasteiger partial charge in [0, 0.05) is 41.9 Å². The number of aryl methyl sites for hydroxylation is 2. The maximum absolute atomic E-state index is 12.8. The van der Waals surface area contributed by atoms with E-state index in [1.165, 1.54) is 42.0 Å². The van der Waals surface area contributed by atoms with Crippen molar-refractivity contribution in [1.29, 1.82) is 0 Å². The van der Waals surface area contributed by atoms with Crippen LogP contribution in [0.3, 0.4) is 0 Å². The first kappa shape index (κ1) is 19.5. The van der Waals surface area contributed by atoms with Crippen molar-refractivity contribution >= 4 is 17.7 Å². The van der Waals surface area contributed by atoms with Crippen LogP contribution in [0.5, 0.6) is 0 Å². The summed E-state index contributed by atoms with van der Waals surface area (Å²) in [5.41, 5.74) is 5.16. The molecule has 0 radical (unpaired) electrons. The second-order valence-electron chi connectivity index (χ2n) is 8.25. The third kappa shape index (κ3) is 3.98. The second-order valence-corrected chi connectivity index (χ2v) is 9.26. The van der Waals surface area contributed by atoms with Gasteiger partial charge in [-0.15, -0.1) is 11.8 Å². The van der Waals surface area contributed by atoms with Gasteiger partial charge in [0.15, 0.2) is 5.69 Å². The molecule has 0 bridgehead atoms. The molecule has 1 N–H and O–H groups in total. The van der Waals surface area contributed by atoms with Crippen LogP contribution in [0.4, 0.5) is 0 Å². The first-order chi connectivity index (χ1) is 13.5. The number of carbonyl (C=O) groups is 1. The van der Waals surface area contributed by atoms with E-state index in [1.54, 1.807) is 11.8 Å². The topological polar surface area (TPSA) is 50.2 Å². The van der Waals surface area contributed by atoms with Crippen LogP contribution >= 0.6 is 11.8 Å². The molecule has 1 amide bonds. The summed E-state index contributed by atoms with van der Waals surface area (Å²) in [7, 11) is 1.94. The Kier molecular flexibility index (Phi) is 5.78. The van der Waals surface area contributed by atoms with E-state index in [0.717, 1.165) is 35.9 Å². The Bertz CT molecular complexity index is 876. The fourth-order valence-electron chi connectivity index (χ4n) is 4.41. The monoisotopic (exact) mass is 398 g/mol. The maximum atomic E-state index is 12.8. The van der Waals surface area contributed by atoms with Crippen molar-refractivity contribution in [3.8, 4) is 11.3 Å². The van der Waals surface area contributed by atoms with E-state index in [-0.39, 0.29) is 5.91 Å². The number of carbonyl (C=O) groups excluding carboxylic acids is 1. The Morgan fingerprint density at radius 1 is 1.39 bits per heavy atom. The summed E-state index contributed by atoms with van der Waals surface area (Å²) in [6, 6.07) is 6.51. The summed E-state index contributed by atoms with van der Waals surface area (Å²) < 4.78 is 1.87. The molecule has 0 saturated carbocycles. The van der Waals surface area contributed by atoms with E-state index in [0.29, 0.717) is 12.2 Å². The molecule has 150 valence electrons. The molecular weight excluding hydrogens is 368 g/mol. The quantitative estimate of drug-likeness (QED) is 0.777. The summed E-state index contributed by atoms with van der Waals surface area (Å²) in [5.74, 6) is 1.56. The second kappa shape index (κ2) is 8.29. The van der Waals surface area contributed by atoms with Crippen LogP contribution in [-0.2, 0) is 12.8 Å². The number of piperidine rings is 1. The van der Waals surface area contributed by atoms with Crippen LogP contribution in [-0.4, -0.2) is 46.8 Å². The predicted molar refractivity (Wildman–Crippen MR) is 115 cm³/mol. The molecule has 2 aromatic rings. The van der Waals surface area contributed by atoms with Gasteiger partial charge in [-0.2, -0.15) is 5.10 Å². The van der Waals surface area contributed by atoms with Crippen LogP contribution in [0, 0.1) is 12.8 Å². The molecule has 1 fully saturated rings. The number of likely N-dealkylation sites (tertiary alicyclic amines) is 1. The lowest BCUT2D eigenvalue weighted by Gasteiger charge is -2.30. The van der Waals surface area contributed by atoms with Crippen molar-refractivity contribution in [3.63, 3.8) is 0 Å². The highest BCUT2D eigenvalue weighted by atomic mass is 32.2. The fraction of sp³-hybridized carbons (Fsp3) is 0.545. The SMILES string of the molecule is Cc1ccc2c(c1)-c1c(c(C(=O)NCCCN3CCCC(C)C3)nn1C)CS2. The highest BCUT2D eigenvalue weighted by molar-refractivity contribution is 7.98. The van der Waals surface area contributed by atoms with Gasteiger partial charge in [-0.05, 0) is 57.3 Å². The van der Waals surface area contributed by atoms with Gasteiger partial charge < -0.3 is 10.2 Å². The van der Waals surface area contributed by atoms with E-state index >= 15 is 0 Å². The van der Waals surface area contributed by atoms with Gasteiger partial charge in [-0.1, -0.05) is 18.6 Å². The van der Waals surface area contributed by atoms with Crippen LogP contribution in [0.25, 0.3) is 11.3 Å². The number of hydrogen-bond acceptors (Lipinski definition) is 4. The van der Waals surface area contributed by atoms with Crippen LogP contribution in [0.1, 0.15) is 47.8 Å². The molecule has 1 saturated heterocycles. The van der Waals surface area contributed by atoms with Gasteiger partial charge in [-0.25, -0.2) is 0 Å². The van der Waals surface area contributed by atoms with Crippen molar-refractivity contribution in [2.75, 3.05) is 26.2 Å². The summed E-state index contributed by atoms with van der Waals surface area (Å²) >= 11 is 1.79. The van der Waals surface area contributed by atoms with Crippen LogP contribution < -0.4 is 5.32 Å². The number of benzene rings is 1. The first-order valence-electron chi connectivity index (χ1n) is 10.3. The number of rotatable bonds is 5. The molecule has 1 aromatic heterocycles. The van der Waals surface area contributed by atoms with Crippen LogP contribution in [0.2, 0.25) is 0 Å². The van der Waals surface area contributed by atoms with Gasteiger partial charge in [-0.3, -0.25) is 9.48 Å². The van der Waals surface area contributed by atoms with E-state index in [2.05, 4.69) is 47.4 Å². The fourth-order valence-corrected chi connectivity index (χ4v) is 5.46. The molecule has 2 aliphatic heterocycles. The lowest BCUT2D eigenvalue weighted by atomic mass is 10.0. The molecule has 1 aromatic carbocycles. The number of amides is 1. The van der Waals surface area contributed by atoms with E-state index < -0.39 is 0 Å². The van der Waals surface area contributed by atoms with Gasteiger partial charge in [0.1, 0.15) is 0 Å². The van der Waals surface area contributed by atoms with E-state index in [9.17, 15) is 4.79 Å². The number of hydrogen-bond donors (Lipinski definition) is 1. The zero-order valence-electron chi connectivity index (χ0n) is 17.1. The molecule has 1 atom stereocenters. The Morgan fingerprint density at radius 3 is 3.07 bits per heavy atom. The molecule has 3 heterocycles. The minimum Gasteiger partial charge on any atom is -0.351 e. The lowest BCUT2D eigenvalue weighted by molar-refractivity contribution is 0.0943. The van der Waals surface area contributed by atoms with E-state index in [4.69, 9.17) is 0 Å². The largest absolute Gasteiger partial charge is 0.351 e. The number of nitrogens with zero attached hydrogens (tertiary/aromatic N) is 3. The highest BCUT2D eigenvalue weighted by Gasteiger charge is 2.27. The lowest BCUT2D eigenvalue weighted by Crippen LogP contribution is -2.36. The Morgan fingerprint density at radius 2 is 2.25 bits per heavy atom. The average Bonchev–Trinajstić information content (AvgIpc) is 3.02. The summed E-state index contributed by atoms with van der Waals surface area (Å²) in [6.07, 6.45) is 3.63. The summed E-state index contributed by atoms with van der Waals surface area (Å²) in [5, 5.41) is 7.68. The minimum atomic E-state index is -0.0411. The molecule has 1 unspecified atom stereocenters. The molecule has 28 heavy (non-hydrogen) atoms. The van der Waals surface area contributed by atoms with Crippen molar-refractivity contribution in [2.45, 2.75) is 43.8 Å². The Hall–Kier alpha value is -1.79. The smallest absolute Gasteiger partial charge is 0.272 e.